The molecule has 1 rings (SSSR count). The maximum atomic E-state index is 11.5. The normalized spacial score (nSPS) is 13.7. The van der Waals surface area contributed by atoms with E-state index in [1.165, 1.54) is 6.92 Å². The number of hydrogen-bond donors (Lipinski definition) is 3. The molecule has 18 heavy (non-hydrogen) atoms. The molecule has 3 N–H and O–H groups in total. The summed E-state index contributed by atoms with van der Waals surface area (Å²) < 4.78 is 0. The van der Waals surface area contributed by atoms with Crippen LogP contribution < -0.4 is 5.32 Å². The van der Waals surface area contributed by atoms with Crippen LogP contribution in [0, 0.1) is 0 Å². The van der Waals surface area contributed by atoms with Gasteiger partial charge in [-0.05, 0) is 12.5 Å². The summed E-state index contributed by atoms with van der Waals surface area (Å²) in [6, 6.07) is 8.09. The lowest BCUT2D eigenvalue weighted by Gasteiger charge is -2.16. The van der Waals surface area contributed by atoms with Crippen LogP contribution in [0.5, 0.6) is 0 Å². The molecule has 1 amide bonds. The van der Waals surface area contributed by atoms with Crippen LogP contribution in [0.4, 0.5) is 4.79 Å². The van der Waals surface area contributed by atoms with Gasteiger partial charge in [0.05, 0.1) is 6.10 Å². The van der Waals surface area contributed by atoms with Crippen molar-refractivity contribution in [3.05, 3.63) is 35.9 Å². The van der Waals surface area contributed by atoms with E-state index in [1.807, 2.05) is 30.3 Å². The van der Waals surface area contributed by atoms with Gasteiger partial charge in [-0.15, -0.1) is 0 Å². The molecule has 0 aliphatic heterocycles. The van der Waals surface area contributed by atoms with Crippen molar-refractivity contribution >= 4 is 23.0 Å². The van der Waals surface area contributed by atoms with Crippen molar-refractivity contribution in [3.63, 3.8) is 0 Å². The maximum Gasteiger partial charge on any atom is 0.328 e. The number of aliphatic carboxylic acids is 1. The topological polar surface area (TPSA) is 86.6 Å². The molecule has 5 nitrogen and oxygen atoms in total. The first-order chi connectivity index (χ1) is 8.50. The fraction of sp³-hybridized carbons (Fsp3) is 0.333. The predicted molar refractivity (Wildman–Crippen MR) is 69.4 cm³/mol. The molecular formula is C12H15NO4S. The first-order valence-electron chi connectivity index (χ1n) is 5.39. The summed E-state index contributed by atoms with van der Waals surface area (Å²) in [5, 5.41) is 19.8. The van der Waals surface area contributed by atoms with Crippen LogP contribution in [0.15, 0.2) is 30.3 Å². The average molecular weight is 269 g/mol. The van der Waals surface area contributed by atoms with Gasteiger partial charge in [-0.1, -0.05) is 42.1 Å². The molecule has 0 bridgehead atoms. The summed E-state index contributed by atoms with van der Waals surface area (Å²) >= 11 is 0.968. The Balaban J connectivity index is 2.44. The van der Waals surface area contributed by atoms with Crippen molar-refractivity contribution in [2.24, 2.45) is 0 Å². The highest BCUT2D eigenvalue weighted by Crippen LogP contribution is 2.12. The SMILES string of the molecule is CC(O)C(NC(=O)SCc1ccccc1)C(=O)O. The van der Waals surface area contributed by atoms with Crippen molar-refractivity contribution in [2.75, 3.05) is 0 Å². The monoisotopic (exact) mass is 269 g/mol. The molecule has 0 saturated carbocycles. The Kier molecular flexibility index (Phi) is 5.67. The van der Waals surface area contributed by atoms with E-state index in [9.17, 15) is 14.7 Å². The predicted octanol–water partition coefficient (Wildman–Crippen LogP) is 1.46. The molecule has 0 spiro atoms. The average Bonchev–Trinajstić information content (AvgIpc) is 2.34. The largest absolute Gasteiger partial charge is 0.480 e. The summed E-state index contributed by atoms with van der Waals surface area (Å²) in [4.78, 5) is 22.3. The number of carbonyl (C=O) groups excluding carboxylic acids is 1. The molecule has 1 aromatic rings. The fourth-order valence-corrected chi connectivity index (χ4v) is 1.98. The van der Waals surface area contributed by atoms with Gasteiger partial charge in [0.2, 0.25) is 0 Å². The molecule has 1 aromatic carbocycles. The second-order valence-corrected chi connectivity index (χ2v) is 4.71. The molecule has 0 aromatic heterocycles. The summed E-state index contributed by atoms with van der Waals surface area (Å²) in [7, 11) is 0. The molecule has 0 aliphatic rings. The van der Waals surface area contributed by atoms with E-state index in [0.29, 0.717) is 5.75 Å². The zero-order valence-electron chi connectivity index (χ0n) is 9.87. The Bertz CT molecular complexity index is 408. The minimum Gasteiger partial charge on any atom is -0.480 e. The van der Waals surface area contributed by atoms with Crippen LogP contribution in [-0.2, 0) is 10.5 Å². The molecule has 0 aliphatic carbocycles. The number of thioether (sulfide) groups is 1. The fourth-order valence-electron chi connectivity index (χ4n) is 1.28. The van der Waals surface area contributed by atoms with Gasteiger partial charge in [0.25, 0.3) is 5.24 Å². The number of carbonyl (C=O) groups is 2. The molecule has 6 heteroatoms. The van der Waals surface area contributed by atoms with Gasteiger partial charge in [0.15, 0.2) is 6.04 Å². The van der Waals surface area contributed by atoms with Gasteiger partial charge in [0, 0.05) is 5.75 Å². The number of carboxylic acid groups (broad SMARTS) is 1. The zero-order valence-corrected chi connectivity index (χ0v) is 10.7. The first kappa shape index (κ1) is 14.5. The minimum absolute atomic E-state index is 0.457. The quantitative estimate of drug-likeness (QED) is 0.753. The Labute approximate surface area is 109 Å². The second-order valence-electron chi connectivity index (χ2n) is 3.76. The Morgan fingerprint density at radius 2 is 1.94 bits per heavy atom. The van der Waals surface area contributed by atoms with Crippen molar-refractivity contribution in [1.29, 1.82) is 0 Å². The smallest absolute Gasteiger partial charge is 0.328 e. The highest BCUT2D eigenvalue weighted by atomic mass is 32.2. The highest BCUT2D eigenvalue weighted by molar-refractivity contribution is 8.12. The summed E-state index contributed by atoms with van der Waals surface area (Å²) in [5.74, 6) is -0.794. The van der Waals surface area contributed by atoms with Gasteiger partial charge < -0.3 is 15.5 Å². The van der Waals surface area contributed by atoms with E-state index in [1.54, 1.807) is 0 Å². The number of amides is 1. The van der Waals surface area contributed by atoms with E-state index < -0.39 is 23.4 Å². The van der Waals surface area contributed by atoms with Crippen LogP contribution in [-0.4, -0.2) is 33.6 Å². The summed E-state index contributed by atoms with van der Waals surface area (Å²) in [5.41, 5.74) is 0.974. The van der Waals surface area contributed by atoms with E-state index >= 15 is 0 Å². The lowest BCUT2D eigenvalue weighted by atomic mass is 10.2. The Hall–Kier alpha value is -1.53. The van der Waals surface area contributed by atoms with Crippen LogP contribution in [0.25, 0.3) is 0 Å². The van der Waals surface area contributed by atoms with Gasteiger partial charge in [-0.2, -0.15) is 0 Å². The third kappa shape index (κ3) is 4.77. The third-order valence-corrected chi connectivity index (χ3v) is 3.09. The molecule has 2 unspecified atom stereocenters. The van der Waals surface area contributed by atoms with E-state index in [4.69, 9.17) is 5.11 Å². The Morgan fingerprint density at radius 3 is 2.44 bits per heavy atom. The molecule has 0 heterocycles. The van der Waals surface area contributed by atoms with E-state index in [2.05, 4.69) is 5.32 Å². The number of benzene rings is 1. The second kappa shape index (κ2) is 7.03. The standard InChI is InChI=1S/C12H15NO4S/c1-8(14)10(11(15)16)13-12(17)18-7-9-5-3-2-4-6-9/h2-6,8,10,14H,7H2,1H3,(H,13,17)(H,15,16). The van der Waals surface area contributed by atoms with Gasteiger partial charge >= 0.3 is 5.97 Å². The van der Waals surface area contributed by atoms with Crippen molar-refractivity contribution < 1.29 is 19.8 Å². The van der Waals surface area contributed by atoms with Crippen LogP contribution in [0.3, 0.4) is 0 Å². The number of nitrogens with one attached hydrogen (secondary N) is 1. The number of carboxylic acids is 1. The first-order valence-corrected chi connectivity index (χ1v) is 6.37. The lowest BCUT2D eigenvalue weighted by molar-refractivity contribution is -0.141. The van der Waals surface area contributed by atoms with Crippen molar-refractivity contribution in [2.45, 2.75) is 24.8 Å². The number of hydrogen-bond acceptors (Lipinski definition) is 4. The molecule has 2 atom stereocenters. The summed E-state index contributed by atoms with van der Waals surface area (Å²) in [6.45, 7) is 1.32. The van der Waals surface area contributed by atoms with Gasteiger partial charge in [-0.25, -0.2) is 4.79 Å². The van der Waals surface area contributed by atoms with Gasteiger partial charge in [-0.3, -0.25) is 4.79 Å². The van der Waals surface area contributed by atoms with Crippen LogP contribution in [0.2, 0.25) is 0 Å². The molecule has 0 saturated heterocycles. The molecule has 0 fully saturated rings. The number of rotatable bonds is 5. The summed E-state index contributed by atoms with van der Waals surface area (Å²) in [6.07, 6.45) is -1.14. The van der Waals surface area contributed by atoms with Crippen molar-refractivity contribution in [1.82, 2.24) is 5.32 Å². The molecule has 0 radical (unpaired) electrons. The lowest BCUT2D eigenvalue weighted by Crippen LogP contribution is -2.46. The van der Waals surface area contributed by atoms with E-state index in [-0.39, 0.29) is 0 Å². The zero-order chi connectivity index (χ0) is 13.5. The molecular weight excluding hydrogens is 254 g/mol. The maximum absolute atomic E-state index is 11.5. The Morgan fingerprint density at radius 1 is 1.33 bits per heavy atom. The number of aliphatic hydroxyl groups is 1. The molecule has 98 valence electrons. The van der Waals surface area contributed by atoms with Crippen LogP contribution >= 0.6 is 11.8 Å². The third-order valence-electron chi connectivity index (χ3n) is 2.23. The van der Waals surface area contributed by atoms with Crippen molar-refractivity contribution in [3.8, 4) is 0 Å². The highest BCUT2D eigenvalue weighted by Gasteiger charge is 2.24. The minimum atomic E-state index is -1.28. The number of aliphatic hydroxyl groups excluding tert-OH is 1. The van der Waals surface area contributed by atoms with E-state index in [0.717, 1.165) is 17.3 Å². The van der Waals surface area contributed by atoms with Crippen LogP contribution in [0.1, 0.15) is 12.5 Å². The van der Waals surface area contributed by atoms with Gasteiger partial charge in [0.1, 0.15) is 0 Å².